The van der Waals surface area contributed by atoms with E-state index in [0.29, 0.717) is 28.3 Å². The van der Waals surface area contributed by atoms with E-state index in [-0.39, 0.29) is 31.8 Å². The van der Waals surface area contributed by atoms with Crippen molar-refractivity contribution in [3.8, 4) is 5.82 Å². The molecule has 0 aliphatic carbocycles. The fourth-order valence-electron chi connectivity index (χ4n) is 4.05. The van der Waals surface area contributed by atoms with E-state index in [0.717, 1.165) is 31.6 Å². The SMILES string of the molecule is Cc1cnc(NC(C)C2CCOCC2)nc1-n1cnc(C(=O)N[C@H](CO)c2cccc(Cl)c2)c1.S. The van der Waals surface area contributed by atoms with Crippen LogP contribution in [0.3, 0.4) is 0 Å². The maximum atomic E-state index is 12.8. The highest BCUT2D eigenvalue weighted by Crippen LogP contribution is 2.22. The number of benzene rings is 1. The van der Waals surface area contributed by atoms with Crippen molar-refractivity contribution in [2.24, 2.45) is 5.92 Å². The Morgan fingerprint density at radius 1 is 1.31 bits per heavy atom. The number of halogens is 1. The van der Waals surface area contributed by atoms with Crippen molar-refractivity contribution in [1.29, 1.82) is 0 Å². The average molecular weight is 519 g/mol. The van der Waals surface area contributed by atoms with E-state index in [1.165, 1.54) is 0 Å². The summed E-state index contributed by atoms with van der Waals surface area (Å²) < 4.78 is 7.15. The number of ether oxygens (including phenoxy) is 1. The third-order valence-electron chi connectivity index (χ3n) is 6.07. The maximum Gasteiger partial charge on any atom is 0.272 e. The monoisotopic (exact) mass is 518 g/mol. The highest BCUT2D eigenvalue weighted by atomic mass is 35.5. The molecule has 3 aromatic rings. The van der Waals surface area contributed by atoms with E-state index in [9.17, 15) is 9.90 Å². The number of aliphatic hydroxyl groups is 1. The van der Waals surface area contributed by atoms with Gasteiger partial charge in [-0.1, -0.05) is 23.7 Å². The second-order valence-electron chi connectivity index (χ2n) is 8.51. The summed E-state index contributed by atoms with van der Waals surface area (Å²) in [6.45, 7) is 5.34. The first-order chi connectivity index (χ1) is 16.4. The lowest BCUT2D eigenvalue weighted by Crippen LogP contribution is -2.31. The lowest BCUT2D eigenvalue weighted by molar-refractivity contribution is 0.0621. The van der Waals surface area contributed by atoms with Crippen LogP contribution in [0.1, 0.15) is 47.4 Å². The molecule has 1 amide bonds. The Morgan fingerprint density at radius 3 is 2.80 bits per heavy atom. The van der Waals surface area contributed by atoms with Gasteiger partial charge >= 0.3 is 0 Å². The predicted molar refractivity (Wildman–Crippen MR) is 140 cm³/mol. The summed E-state index contributed by atoms with van der Waals surface area (Å²) >= 11 is 6.04. The summed E-state index contributed by atoms with van der Waals surface area (Å²) in [6, 6.07) is 6.63. The molecule has 11 heteroatoms. The van der Waals surface area contributed by atoms with Gasteiger partial charge < -0.3 is 20.5 Å². The Kier molecular flexibility index (Phi) is 9.50. The molecule has 0 radical (unpaired) electrons. The van der Waals surface area contributed by atoms with Gasteiger partial charge in [0.05, 0.1) is 12.6 Å². The molecule has 0 saturated carbocycles. The highest BCUT2D eigenvalue weighted by Gasteiger charge is 2.22. The molecule has 1 aromatic carbocycles. The summed E-state index contributed by atoms with van der Waals surface area (Å²) in [5.41, 5.74) is 1.77. The molecule has 188 valence electrons. The molecular formula is C24H31ClN6O3S. The molecule has 4 rings (SSSR count). The Morgan fingerprint density at radius 2 is 2.09 bits per heavy atom. The van der Waals surface area contributed by atoms with Gasteiger partial charge in [0.15, 0.2) is 0 Å². The first-order valence-corrected chi connectivity index (χ1v) is 11.7. The van der Waals surface area contributed by atoms with Gasteiger partial charge in [0, 0.05) is 42.2 Å². The van der Waals surface area contributed by atoms with Gasteiger partial charge in [-0.15, -0.1) is 0 Å². The number of hydrogen-bond acceptors (Lipinski definition) is 7. The largest absolute Gasteiger partial charge is 0.394 e. The first kappa shape index (κ1) is 26.9. The Labute approximate surface area is 216 Å². The number of aliphatic hydroxyl groups excluding tert-OH is 1. The molecule has 1 aliphatic rings. The van der Waals surface area contributed by atoms with Crippen LogP contribution in [0.15, 0.2) is 43.0 Å². The minimum absolute atomic E-state index is 0. The second kappa shape index (κ2) is 12.3. The minimum Gasteiger partial charge on any atom is -0.394 e. The summed E-state index contributed by atoms with van der Waals surface area (Å²) in [6.07, 6.45) is 6.93. The number of anilines is 1. The number of nitrogens with one attached hydrogen (secondary N) is 2. The molecule has 2 atom stereocenters. The van der Waals surface area contributed by atoms with Crippen LogP contribution in [0.4, 0.5) is 5.95 Å². The van der Waals surface area contributed by atoms with Gasteiger partial charge in [-0.05, 0) is 50.3 Å². The number of carbonyl (C=O) groups excluding carboxylic acids is 1. The molecule has 3 heterocycles. The maximum absolute atomic E-state index is 12.8. The van der Waals surface area contributed by atoms with Crippen LogP contribution in [0.5, 0.6) is 0 Å². The lowest BCUT2D eigenvalue weighted by atomic mass is 9.93. The molecule has 1 unspecified atom stereocenters. The minimum atomic E-state index is -0.598. The molecule has 3 N–H and O–H groups in total. The zero-order valence-electron chi connectivity index (χ0n) is 19.7. The van der Waals surface area contributed by atoms with Gasteiger partial charge in [-0.25, -0.2) is 9.97 Å². The second-order valence-corrected chi connectivity index (χ2v) is 8.95. The van der Waals surface area contributed by atoms with Gasteiger partial charge in [-0.2, -0.15) is 18.5 Å². The first-order valence-electron chi connectivity index (χ1n) is 11.3. The molecule has 2 aromatic heterocycles. The summed E-state index contributed by atoms with van der Waals surface area (Å²) in [4.78, 5) is 26.1. The third-order valence-corrected chi connectivity index (χ3v) is 6.31. The fourth-order valence-corrected chi connectivity index (χ4v) is 4.25. The molecule has 1 aliphatic heterocycles. The van der Waals surface area contributed by atoms with E-state index in [4.69, 9.17) is 16.3 Å². The molecule has 1 saturated heterocycles. The Hall–Kier alpha value is -2.66. The van der Waals surface area contributed by atoms with Crippen LogP contribution in [0.2, 0.25) is 5.02 Å². The third kappa shape index (κ3) is 6.72. The number of rotatable bonds is 8. The number of hydrogen-bond donors (Lipinski definition) is 3. The molecule has 9 nitrogen and oxygen atoms in total. The fraction of sp³-hybridized carbons (Fsp3) is 0.417. The summed E-state index contributed by atoms with van der Waals surface area (Å²) in [5.74, 6) is 1.26. The molecule has 1 fully saturated rings. The topological polar surface area (TPSA) is 114 Å². The van der Waals surface area contributed by atoms with Crippen molar-refractivity contribution in [1.82, 2.24) is 24.8 Å². The number of aromatic nitrogens is 4. The summed E-state index contributed by atoms with van der Waals surface area (Å²) in [5, 5.41) is 16.5. The zero-order chi connectivity index (χ0) is 24.1. The number of nitrogens with zero attached hydrogens (tertiary/aromatic N) is 4. The van der Waals surface area contributed by atoms with E-state index in [2.05, 4.69) is 32.5 Å². The smallest absolute Gasteiger partial charge is 0.272 e. The molecule has 35 heavy (non-hydrogen) atoms. The van der Waals surface area contributed by atoms with Crippen LogP contribution in [0, 0.1) is 12.8 Å². The predicted octanol–water partition coefficient (Wildman–Crippen LogP) is 3.43. The average Bonchev–Trinajstić information content (AvgIpc) is 3.34. The Bertz CT molecular complexity index is 1140. The highest BCUT2D eigenvalue weighted by molar-refractivity contribution is 7.59. The van der Waals surface area contributed by atoms with Crippen molar-refractivity contribution in [3.63, 3.8) is 0 Å². The van der Waals surface area contributed by atoms with Crippen LogP contribution in [-0.4, -0.2) is 56.4 Å². The van der Waals surface area contributed by atoms with Crippen molar-refractivity contribution < 1.29 is 14.6 Å². The molecular weight excluding hydrogens is 488 g/mol. The van der Waals surface area contributed by atoms with Gasteiger partial charge in [-0.3, -0.25) is 9.36 Å². The van der Waals surface area contributed by atoms with E-state index >= 15 is 0 Å². The van der Waals surface area contributed by atoms with Gasteiger partial charge in [0.1, 0.15) is 17.8 Å². The van der Waals surface area contributed by atoms with E-state index in [1.807, 2.05) is 6.92 Å². The normalized spacial score (nSPS) is 15.7. The molecule has 0 spiro atoms. The standard InChI is InChI=1S/C24H29ClN6O3.H2S/c1-15-11-26-24(28-16(2)17-6-8-34-9-7-17)30-22(15)31-12-20(27-14-31)23(33)29-21(13-32)18-4-3-5-19(25)10-18;/h3-5,10-12,14,16-17,21,32H,6-9,13H2,1-2H3,(H,29,33)(H,26,28,30);1H2/t16?,21-;/m1./s1. The Balaban J connectivity index is 0.00000342. The van der Waals surface area contributed by atoms with Gasteiger partial charge in [0.2, 0.25) is 5.95 Å². The van der Waals surface area contributed by atoms with E-state index < -0.39 is 11.9 Å². The quantitative estimate of drug-likeness (QED) is 0.418. The van der Waals surface area contributed by atoms with Crippen LogP contribution in [-0.2, 0) is 4.74 Å². The van der Waals surface area contributed by atoms with Crippen LogP contribution >= 0.6 is 25.1 Å². The number of carbonyl (C=O) groups is 1. The number of aryl methyl sites for hydroxylation is 1. The van der Waals surface area contributed by atoms with Crippen molar-refractivity contribution in [2.75, 3.05) is 25.1 Å². The molecule has 0 bridgehead atoms. The van der Waals surface area contributed by atoms with Crippen LogP contribution < -0.4 is 10.6 Å². The number of imidazole rings is 1. The van der Waals surface area contributed by atoms with Crippen LogP contribution in [0.25, 0.3) is 5.82 Å². The van der Waals surface area contributed by atoms with Crippen molar-refractivity contribution in [3.05, 3.63) is 64.8 Å². The summed E-state index contributed by atoms with van der Waals surface area (Å²) in [7, 11) is 0. The van der Waals surface area contributed by atoms with Crippen molar-refractivity contribution >= 4 is 37.0 Å². The zero-order valence-corrected chi connectivity index (χ0v) is 21.5. The number of amides is 1. The van der Waals surface area contributed by atoms with Crippen molar-refractivity contribution in [2.45, 2.75) is 38.8 Å². The lowest BCUT2D eigenvalue weighted by Gasteiger charge is -2.28. The van der Waals surface area contributed by atoms with Gasteiger partial charge in [0.25, 0.3) is 5.91 Å². The van der Waals surface area contributed by atoms with E-state index in [1.54, 1.807) is 47.6 Å².